The fourth-order valence-electron chi connectivity index (χ4n) is 2.90. The van der Waals surface area contributed by atoms with Crippen molar-refractivity contribution in [3.63, 3.8) is 0 Å². The Morgan fingerprint density at radius 2 is 2.32 bits per heavy atom. The fourth-order valence-corrected chi connectivity index (χ4v) is 2.90. The number of phenolic OH excluding ortho intramolecular Hbond substituents is 1. The van der Waals surface area contributed by atoms with Crippen LogP contribution in [0.25, 0.3) is 0 Å². The summed E-state index contributed by atoms with van der Waals surface area (Å²) in [6, 6.07) is 5.86. The Kier molecular flexibility index (Phi) is 4.43. The van der Waals surface area contributed by atoms with Crippen molar-refractivity contribution in [1.82, 2.24) is 4.90 Å². The van der Waals surface area contributed by atoms with Crippen molar-refractivity contribution in [3.05, 3.63) is 29.3 Å². The van der Waals surface area contributed by atoms with Gasteiger partial charge >= 0.3 is 0 Å². The number of amides is 1. The van der Waals surface area contributed by atoms with Crippen LogP contribution in [0.3, 0.4) is 0 Å². The number of hydrogen-bond donors (Lipinski definition) is 2. The number of nitrogens with zero attached hydrogens (tertiary/aromatic N) is 1. The maximum Gasteiger partial charge on any atom is 0.231 e. The molecule has 0 radical (unpaired) electrons. The van der Waals surface area contributed by atoms with Gasteiger partial charge in [0.2, 0.25) is 5.91 Å². The van der Waals surface area contributed by atoms with E-state index in [2.05, 4.69) is 11.8 Å². The normalized spacial score (nSPS) is 17.7. The lowest BCUT2D eigenvalue weighted by molar-refractivity contribution is -0.119. The van der Waals surface area contributed by atoms with Crippen molar-refractivity contribution in [1.29, 1.82) is 0 Å². The summed E-state index contributed by atoms with van der Waals surface area (Å²) in [4.78, 5) is 13.4. The number of rotatable bonds is 6. The van der Waals surface area contributed by atoms with E-state index >= 15 is 0 Å². The highest BCUT2D eigenvalue weighted by molar-refractivity contribution is 5.76. The number of aromatic hydroxyl groups is 1. The van der Waals surface area contributed by atoms with Crippen LogP contribution in [0, 0.1) is 0 Å². The van der Waals surface area contributed by atoms with Gasteiger partial charge in [-0.3, -0.25) is 9.69 Å². The van der Waals surface area contributed by atoms with E-state index in [1.54, 1.807) is 6.07 Å². The van der Waals surface area contributed by atoms with Gasteiger partial charge in [-0.15, -0.1) is 0 Å². The molecule has 4 heteroatoms. The minimum atomic E-state index is -0.287. The quantitative estimate of drug-likeness (QED) is 0.823. The molecule has 1 aliphatic rings. The molecule has 0 fully saturated rings. The van der Waals surface area contributed by atoms with Crippen molar-refractivity contribution >= 4 is 5.91 Å². The minimum absolute atomic E-state index is 0.209. The second kappa shape index (κ2) is 6.06. The lowest BCUT2D eigenvalue weighted by atomic mass is 10.1. The molecular weight excluding hydrogens is 240 g/mol. The summed E-state index contributed by atoms with van der Waals surface area (Å²) in [5.74, 6) is 0.0826. The zero-order valence-corrected chi connectivity index (χ0v) is 11.4. The van der Waals surface area contributed by atoms with Gasteiger partial charge in [0, 0.05) is 6.04 Å². The van der Waals surface area contributed by atoms with Gasteiger partial charge < -0.3 is 10.8 Å². The van der Waals surface area contributed by atoms with Gasteiger partial charge in [-0.25, -0.2) is 0 Å². The molecule has 104 valence electrons. The summed E-state index contributed by atoms with van der Waals surface area (Å²) in [5.41, 5.74) is 7.53. The van der Waals surface area contributed by atoms with Crippen LogP contribution in [0.1, 0.15) is 43.4 Å². The standard InChI is InChI=1S/C15H22N2O2/c1-2-3-9-17(10-15(16)19)13-8-7-12-11(13)5-4-6-14(12)18/h4-6,13,18H,2-3,7-10H2,1H3,(H2,16,19). The van der Waals surface area contributed by atoms with E-state index in [1.165, 1.54) is 0 Å². The molecule has 0 saturated heterocycles. The maximum absolute atomic E-state index is 11.2. The molecule has 1 aliphatic carbocycles. The zero-order chi connectivity index (χ0) is 13.8. The van der Waals surface area contributed by atoms with E-state index in [0.29, 0.717) is 12.3 Å². The average Bonchev–Trinajstić information content (AvgIpc) is 2.79. The van der Waals surface area contributed by atoms with E-state index in [-0.39, 0.29) is 11.9 Å². The Morgan fingerprint density at radius 3 is 3.00 bits per heavy atom. The number of benzene rings is 1. The number of carbonyl (C=O) groups is 1. The van der Waals surface area contributed by atoms with E-state index < -0.39 is 0 Å². The van der Waals surface area contributed by atoms with Crippen molar-refractivity contribution in [2.75, 3.05) is 13.1 Å². The summed E-state index contributed by atoms with van der Waals surface area (Å²) in [5, 5.41) is 9.88. The van der Waals surface area contributed by atoms with E-state index in [1.807, 2.05) is 12.1 Å². The van der Waals surface area contributed by atoms with Crippen molar-refractivity contribution in [3.8, 4) is 5.75 Å². The maximum atomic E-state index is 11.2. The van der Waals surface area contributed by atoms with Crippen LogP contribution in [0.5, 0.6) is 5.75 Å². The predicted octanol–water partition coefficient (Wildman–Crippen LogP) is 1.97. The number of hydrogen-bond acceptors (Lipinski definition) is 3. The first-order chi connectivity index (χ1) is 9.13. The number of primary amides is 1. The van der Waals surface area contributed by atoms with Gasteiger partial charge in [-0.05, 0) is 43.0 Å². The highest BCUT2D eigenvalue weighted by Gasteiger charge is 2.29. The molecule has 19 heavy (non-hydrogen) atoms. The average molecular weight is 262 g/mol. The Morgan fingerprint density at radius 1 is 1.53 bits per heavy atom. The van der Waals surface area contributed by atoms with Gasteiger partial charge in [0.1, 0.15) is 5.75 Å². The molecule has 2 rings (SSSR count). The topological polar surface area (TPSA) is 66.6 Å². The van der Waals surface area contributed by atoms with Crippen molar-refractivity contribution in [2.24, 2.45) is 5.73 Å². The number of phenols is 1. The van der Waals surface area contributed by atoms with Crippen LogP contribution in [0.15, 0.2) is 18.2 Å². The van der Waals surface area contributed by atoms with Crippen molar-refractivity contribution < 1.29 is 9.90 Å². The van der Waals surface area contributed by atoms with Crippen LogP contribution >= 0.6 is 0 Å². The minimum Gasteiger partial charge on any atom is -0.508 e. The molecule has 0 aromatic heterocycles. The molecule has 0 bridgehead atoms. The zero-order valence-electron chi connectivity index (χ0n) is 11.4. The molecule has 3 N–H and O–H groups in total. The fraction of sp³-hybridized carbons (Fsp3) is 0.533. The summed E-state index contributed by atoms with van der Waals surface area (Å²) in [7, 11) is 0. The molecule has 0 aliphatic heterocycles. The Hall–Kier alpha value is -1.55. The van der Waals surface area contributed by atoms with Gasteiger partial charge in [0.15, 0.2) is 0 Å². The monoisotopic (exact) mass is 262 g/mol. The van der Waals surface area contributed by atoms with Crippen molar-refractivity contribution in [2.45, 2.75) is 38.6 Å². The first kappa shape index (κ1) is 13.9. The molecule has 1 amide bonds. The Balaban J connectivity index is 2.20. The number of fused-ring (bicyclic) bond motifs is 1. The Labute approximate surface area is 114 Å². The molecule has 1 unspecified atom stereocenters. The molecule has 1 aromatic rings. The SMILES string of the molecule is CCCCN(CC(N)=O)C1CCc2c(O)cccc21. The van der Waals surface area contributed by atoms with Crippen LogP contribution in [0.4, 0.5) is 0 Å². The summed E-state index contributed by atoms with van der Waals surface area (Å²) in [6.07, 6.45) is 3.96. The third kappa shape index (κ3) is 3.07. The summed E-state index contributed by atoms with van der Waals surface area (Å²) < 4.78 is 0. The number of unbranched alkanes of at least 4 members (excludes halogenated alkanes) is 1. The van der Waals surface area contributed by atoms with Crippen LogP contribution < -0.4 is 5.73 Å². The number of nitrogens with two attached hydrogens (primary N) is 1. The van der Waals surface area contributed by atoms with Crippen LogP contribution in [-0.2, 0) is 11.2 Å². The lowest BCUT2D eigenvalue weighted by Gasteiger charge is -2.28. The smallest absolute Gasteiger partial charge is 0.231 e. The van der Waals surface area contributed by atoms with Gasteiger partial charge in [-0.2, -0.15) is 0 Å². The molecule has 4 nitrogen and oxygen atoms in total. The largest absolute Gasteiger partial charge is 0.508 e. The highest BCUT2D eigenvalue weighted by atomic mass is 16.3. The van der Waals surface area contributed by atoms with E-state index in [0.717, 1.165) is 43.4 Å². The molecule has 0 spiro atoms. The number of carbonyl (C=O) groups excluding carboxylic acids is 1. The molecule has 0 saturated carbocycles. The summed E-state index contributed by atoms with van der Waals surface area (Å²) in [6.45, 7) is 3.30. The van der Waals surface area contributed by atoms with Crippen LogP contribution in [-0.4, -0.2) is 29.0 Å². The Bertz CT molecular complexity index is 459. The highest BCUT2D eigenvalue weighted by Crippen LogP contribution is 2.39. The first-order valence-electron chi connectivity index (χ1n) is 6.96. The van der Waals surface area contributed by atoms with Gasteiger partial charge in [0.05, 0.1) is 6.54 Å². The third-order valence-electron chi connectivity index (χ3n) is 3.81. The molecule has 1 atom stereocenters. The van der Waals surface area contributed by atoms with E-state index in [9.17, 15) is 9.90 Å². The molecule has 0 heterocycles. The van der Waals surface area contributed by atoms with Gasteiger partial charge in [-0.1, -0.05) is 25.5 Å². The third-order valence-corrected chi connectivity index (χ3v) is 3.81. The molecular formula is C15H22N2O2. The van der Waals surface area contributed by atoms with E-state index in [4.69, 9.17) is 5.73 Å². The first-order valence-corrected chi connectivity index (χ1v) is 6.96. The second-order valence-corrected chi connectivity index (χ2v) is 5.19. The predicted molar refractivity (Wildman–Crippen MR) is 74.8 cm³/mol. The van der Waals surface area contributed by atoms with Gasteiger partial charge in [0.25, 0.3) is 0 Å². The van der Waals surface area contributed by atoms with Crippen LogP contribution in [0.2, 0.25) is 0 Å². The molecule has 1 aromatic carbocycles. The second-order valence-electron chi connectivity index (χ2n) is 5.19. The lowest BCUT2D eigenvalue weighted by Crippen LogP contribution is -2.36. The summed E-state index contributed by atoms with van der Waals surface area (Å²) >= 11 is 0.